The Labute approximate surface area is 317 Å². The molecule has 1 rings (SSSR count). The number of esters is 4. The van der Waals surface area contributed by atoms with Crippen LogP contribution in [0, 0.1) is 5.41 Å². The Hall–Kier alpha value is -2.62. The number of hydrogen-bond donors (Lipinski definition) is 3. The number of hydrogen-bond acceptors (Lipinski definition) is 9. The van der Waals surface area contributed by atoms with Gasteiger partial charge in [0.2, 0.25) is 0 Å². The van der Waals surface area contributed by atoms with E-state index in [1.807, 2.05) is 6.07 Å². The summed E-state index contributed by atoms with van der Waals surface area (Å²) in [4.78, 5) is 45.6. The average Bonchev–Trinajstić information content (AvgIpc) is 3.11. The van der Waals surface area contributed by atoms with Gasteiger partial charge in [-0.25, -0.2) is 4.79 Å². The first-order chi connectivity index (χ1) is 24.8. The zero-order valence-corrected chi connectivity index (χ0v) is 34.2. The average molecular weight is 739 g/mol. The molecule has 0 aliphatic rings. The summed E-state index contributed by atoms with van der Waals surface area (Å²) in [6.45, 7) is 13.5. The highest BCUT2D eigenvalue weighted by atomic mass is 16.6. The van der Waals surface area contributed by atoms with Crippen LogP contribution in [0.15, 0.2) is 30.3 Å². The first-order valence-corrected chi connectivity index (χ1v) is 20.2. The molecule has 1 aromatic rings. The van der Waals surface area contributed by atoms with Crippen molar-refractivity contribution in [2.75, 3.05) is 13.2 Å². The SMILES string of the molecule is CC(O)CO.CCCCCCCC(=O)OC(=O)C(C)(C)C.CCCCCCCC(=O)OC(=O)c1ccccc1.CCCCCCCCCCCCO. The number of aliphatic hydroxyl groups is 3. The highest BCUT2D eigenvalue weighted by Gasteiger charge is 2.25. The number of unbranched alkanes of at least 4 members (excludes halogenated alkanes) is 17. The molecular formula is C43H78O9. The van der Waals surface area contributed by atoms with E-state index in [9.17, 15) is 19.2 Å². The van der Waals surface area contributed by atoms with E-state index in [0.717, 1.165) is 44.9 Å². The summed E-state index contributed by atoms with van der Waals surface area (Å²) in [6, 6.07) is 8.57. The molecule has 0 heterocycles. The van der Waals surface area contributed by atoms with Gasteiger partial charge in [0, 0.05) is 19.4 Å². The molecule has 3 N–H and O–H groups in total. The van der Waals surface area contributed by atoms with Crippen molar-refractivity contribution in [3.8, 4) is 0 Å². The molecule has 0 aliphatic carbocycles. The van der Waals surface area contributed by atoms with Gasteiger partial charge in [-0.2, -0.15) is 0 Å². The third kappa shape index (κ3) is 41.8. The zero-order chi connectivity index (χ0) is 39.9. The van der Waals surface area contributed by atoms with Gasteiger partial charge in [0.25, 0.3) is 0 Å². The lowest BCUT2D eigenvalue weighted by Gasteiger charge is -2.15. The summed E-state index contributed by atoms with van der Waals surface area (Å²) in [7, 11) is 0. The molecule has 0 aromatic heterocycles. The van der Waals surface area contributed by atoms with Crippen LogP contribution in [0.1, 0.15) is 200 Å². The number of ether oxygens (including phenoxy) is 2. The van der Waals surface area contributed by atoms with E-state index in [1.165, 1.54) is 90.4 Å². The second kappa shape index (κ2) is 39.6. The first-order valence-electron chi connectivity index (χ1n) is 20.2. The fraction of sp³-hybridized carbons (Fsp3) is 0.767. The van der Waals surface area contributed by atoms with Gasteiger partial charge in [0.1, 0.15) is 0 Å². The van der Waals surface area contributed by atoms with Gasteiger partial charge in [-0.05, 0) is 59.1 Å². The molecule has 304 valence electrons. The zero-order valence-electron chi connectivity index (χ0n) is 34.2. The fourth-order valence-corrected chi connectivity index (χ4v) is 4.44. The minimum atomic E-state index is -0.599. The Morgan fingerprint density at radius 1 is 0.577 bits per heavy atom. The van der Waals surface area contributed by atoms with E-state index in [1.54, 1.807) is 45.0 Å². The molecular weight excluding hydrogens is 660 g/mol. The summed E-state index contributed by atoms with van der Waals surface area (Å²) < 4.78 is 9.51. The summed E-state index contributed by atoms with van der Waals surface area (Å²) in [5.74, 6) is -1.82. The molecule has 0 saturated carbocycles. The van der Waals surface area contributed by atoms with Crippen molar-refractivity contribution in [2.24, 2.45) is 5.41 Å². The van der Waals surface area contributed by atoms with Crippen LogP contribution in [0.25, 0.3) is 0 Å². The summed E-state index contributed by atoms with van der Waals surface area (Å²) in [6.07, 6.45) is 24.1. The van der Waals surface area contributed by atoms with Crippen molar-refractivity contribution in [2.45, 2.75) is 196 Å². The largest absolute Gasteiger partial charge is 0.396 e. The molecule has 0 radical (unpaired) electrons. The van der Waals surface area contributed by atoms with Crippen LogP contribution in [0.2, 0.25) is 0 Å². The number of carbonyl (C=O) groups is 4. The van der Waals surface area contributed by atoms with Crippen molar-refractivity contribution in [1.29, 1.82) is 0 Å². The van der Waals surface area contributed by atoms with E-state index >= 15 is 0 Å². The summed E-state index contributed by atoms with van der Waals surface area (Å²) in [5, 5.41) is 24.6. The van der Waals surface area contributed by atoms with Gasteiger partial charge in [-0.15, -0.1) is 0 Å². The normalized spacial score (nSPS) is 11.0. The van der Waals surface area contributed by atoms with Crippen LogP contribution in [0.3, 0.4) is 0 Å². The Morgan fingerprint density at radius 2 is 0.923 bits per heavy atom. The maximum atomic E-state index is 11.5. The molecule has 0 amide bonds. The minimum absolute atomic E-state index is 0.139. The van der Waals surface area contributed by atoms with Crippen molar-refractivity contribution >= 4 is 23.9 Å². The number of rotatable bonds is 24. The molecule has 9 heteroatoms. The second-order valence-corrected chi connectivity index (χ2v) is 14.4. The van der Waals surface area contributed by atoms with Gasteiger partial charge in [-0.3, -0.25) is 14.4 Å². The first kappa shape index (κ1) is 53.7. The lowest BCUT2D eigenvalue weighted by molar-refractivity contribution is -0.165. The van der Waals surface area contributed by atoms with Crippen molar-refractivity contribution < 1.29 is 44.0 Å². The molecule has 1 aromatic carbocycles. The van der Waals surface area contributed by atoms with Gasteiger partial charge in [0.05, 0.1) is 23.7 Å². The molecule has 0 saturated heterocycles. The Kier molecular flexibility index (Phi) is 40.9. The lowest BCUT2D eigenvalue weighted by atomic mass is 9.97. The van der Waals surface area contributed by atoms with Gasteiger partial charge >= 0.3 is 23.9 Å². The summed E-state index contributed by atoms with van der Waals surface area (Å²) in [5.41, 5.74) is -0.186. The predicted molar refractivity (Wildman–Crippen MR) is 212 cm³/mol. The number of carbonyl (C=O) groups excluding carboxylic acids is 4. The maximum absolute atomic E-state index is 11.5. The molecule has 0 spiro atoms. The van der Waals surface area contributed by atoms with Crippen LogP contribution in [0.5, 0.6) is 0 Å². The van der Waals surface area contributed by atoms with E-state index < -0.39 is 35.4 Å². The Balaban J connectivity index is -0.000000656. The molecule has 0 fully saturated rings. The molecule has 1 unspecified atom stereocenters. The number of aliphatic hydroxyl groups excluding tert-OH is 3. The molecule has 9 nitrogen and oxygen atoms in total. The van der Waals surface area contributed by atoms with Gasteiger partial charge < -0.3 is 24.8 Å². The van der Waals surface area contributed by atoms with Crippen molar-refractivity contribution in [3.05, 3.63) is 35.9 Å². The summed E-state index contributed by atoms with van der Waals surface area (Å²) >= 11 is 0. The van der Waals surface area contributed by atoms with E-state index in [2.05, 4.69) is 20.8 Å². The molecule has 0 aliphatic heterocycles. The monoisotopic (exact) mass is 739 g/mol. The van der Waals surface area contributed by atoms with Crippen LogP contribution >= 0.6 is 0 Å². The minimum Gasteiger partial charge on any atom is -0.396 e. The fourth-order valence-electron chi connectivity index (χ4n) is 4.44. The molecule has 1 atom stereocenters. The molecule has 0 bridgehead atoms. The Bertz CT molecular complexity index is 945. The standard InChI is InChI=1S/C15H20O3.C13H24O3.C12H26O.C3H8O2/c1-2-3-4-5-9-12-14(16)18-15(17)13-10-7-6-8-11-13;1-5-6-7-8-9-10-11(14)16-12(15)13(2,3)4;1-2-3-4-5-6-7-8-9-10-11-12-13;1-3(5)2-4/h6-8,10-11H,2-5,9,12H2,1H3;5-10H2,1-4H3;13H,2-12H2,1H3;3-5H,2H2,1H3. The third-order valence-electron chi connectivity index (χ3n) is 7.78. The Morgan fingerprint density at radius 3 is 1.27 bits per heavy atom. The van der Waals surface area contributed by atoms with Crippen molar-refractivity contribution in [3.63, 3.8) is 0 Å². The third-order valence-corrected chi connectivity index (χ3v) is 7.78. The topological polar surface area (TPSA) is 147 Å². The van der Waals surface area contributed by atoms with Gasteiger partial charge in [0.15, 0.2) is 0 Å². The quantitative estimate of drug-likeness (QED) is 0.0535. The lowest BCUT2D eigenvalue weighted by Crippen LogP contribution is -2.25. The molecule has 52 heavy (non-hydrogen) atoms. The smallest absolute Gasteiger partial charge is 0.345 e. The second-order valence-electron chi connectivity index (χ2n) is 14.4. The highest BCUT2D eigenvalue weighted by molar-refractivity contribution is 5.96. The van der Waals surface area contributed by atoms with Crippen LogP contribution in [0.4, 0.5) is 0 Å². The number of benzene rings is 1. The van der Waals surface area contributed by atoms with E-state index in [4.69, 9.17) is 24.8 Å². The van der Waals surface area contributed by atoms with E-state index in [0.29, 0.717) is 25.0 Å². The highest BCUT2D eigenvalue weighted by Crippen LogP contribution is 2.16. The van der Waals surface area contributed by atoms with Crippen molar-refractivity contribution in [1.82, 2.24) is 0 Å². The van der Waals surface area contributed by atoms with Crippen LogP contribution in [-0.4, -0.2) is 58.5 Å². The predicted octanol–water partition coefficient (Wildman–Crippen LogP) is 10.5. The maximum Gasteiger partial charge on any atom is 0.345 e. The van der Waals surface area contributed by atoms with Crippen LogP contribution < -0.4 is 0 Å². The van der Waals surface area contributed by atoms with Crippen LogP contribution in [-0.2, 0) is 23.9 Å². The van der Waals surface area contributed by atoms with E-state index in [-0.39, 0.29) is 6.61 Å². The van der Waals surface area contributed by atoms with Gasteiger partial charge in [-0.1, -0.05) is 148 Å².